The fraction of sp³-hybridized carbons (Fsp3) is 0.524. The number of likely N-dealkylation sites (tertiary alicyclic amines) is 1. The van der Waals surface area contributed by atoms with E-state index in [1.807, 2.05) is 33.8 Å². The Morgan fingerprint density at radius 2 is 2.11 bits per heavy atom. The number of aliphatic hydroxyl groups excluding tert-OH is 1. The maximum absolute atomic E-state index is 12.5. The van der Waals surface area contributed by atoms with Crippen LogP contribution in [0.3, 0.4) is 0 Å². The molecule has 1 aromatic heterocycles. The van der Waals surface area contributed by atoms with E-state index in [4.69, 9.17) is 4.52 Å². The van der Waals surface area contributed by atoms with E-state index < -0.39 is 6.10 Å². The average molecular weight is 371 g/mol. The largest absolute Gasteiger partial charge is 0.390 e. The van der Waals surface area contributed by atoms with Gasteiger partial charge in [-0.15, -0.1) is 0 Å². The van der Waals surface area contributed by atoms with Gasteiger partial charge >= 0.3 is 0 Å². The predicted octanol–water partition coefficient (Wildman–Crippen LogP) is 2.20. The molecule has 2 aromatic rings. The van der Waals surface area contributed by atoms with Crippen molar-refractivity contribution in [2.75, 3.05) is 13.1 Å². The van der Waals surface area contributed by atoms with Gasteiger partial charge < -0.3 is 14.9 Å². The van der Waals surface area contributed by atoms with Gasteiger partial charge in [-0.3, -0.25) is 9.69 Å². The molecule has 0 aliphatic carbocycles. The topological polar surface area (TPSA) is 78.6 Å². The van der Waals surface area contributed by atoms with Crippen molar-refractivity contribution in [3.8, 4) is 0 Å². The quantitative estimate of drug-likeness (QED) is 0.842. The van der Waals surface area contributed by atoms with Crippen LogP contribution < -0.4 is 5.32 Å². The van der Waals surface area contributed by atoms with Gasteiger partial charge in [0, 0.05) is 25.2 Å². The zero-order chi connectivity index (χ0) is 19.6. The Kier molecular flexibility index (Phi) is 5.97. The maximum Gasteiger partial charge on any atom is 0.224 e. The molecule has 0 bridgehead atoms. The molecule has 2 atom stereocenters. The van der Waals surface area contributed by atoms with Gasteiger partial charge in [-0.05, 0) is 45.2 Å². The molecular formula is C21H29N3O3. The Morgan fingerprint density at radius 3 is 2.78 bits per heavy atom. The fourth-order valence-electron chi connectivity index (χ4n) is 3.68. The highest BCUT2D eigenvalue weighted by atomic mass is 16.5. The number of nitrogens with one attached hydrogen (secondary N) is 1. The van der Waals surface area contributed by atoms with Gasteiger partial charge in [0.2, 0.25) is 5.91 Å². The highest BCUT2D eigenvalue weighted by Gasteiger charge is 2.29. The van der Waals surface area contributed by atoms with Crippen molar-refractivity contribution in [3.63, 3.8) is 0 Å². The zero-order valence-electron chi connectivity index (χ0n) is 16.6. The summed E-state index contributed by atoms with van der Waals surface area (Å²) in [6, 6.07) is 5.94. The van der Waals surface area contributed by atoms with E-state index in [1.54, 1.807) is 0 Å². The first-order chi connectivity index (χ1) is 12.8. The first-order valence-electron chi connectivity index (χ1n) is 9.51. The minimum atomic E-state index is -0.582. The summed E-state index contributed by atoms with van der Waals surface area (Å²) < 4.78 is 5.22. The molecule has 0 spiro atoms. The molecule has 27 heavy (non-hydrogen) atoms. The number of β-amino-alcohol motifs (C(OH)–C–C–N with tert-alkyl or cyclic N) is 1. The van der Waals surface area contributed by atoms with E-state index in [1.165, 1.54) is 0 Å². The standard InChI is InChI=1S/C21H29N3O3/c1-13-5-6-14(2)17(9-13)10-21(26)22-19-7-8-24(12-20(19)25)11-18-15(3)23-27-16(18)4/h5-6,9,19-20,25H,7-8,10-12H2,1-4H3,(H,22,26)/t19-,20-/m1/s1. The number of hydrogen-bond acceptors (Lipinski definition) is 5. The third-order valence-electron chi connectivity index (χ3n) is 5.43. The van der Waals surface area contributed by atoms with E-state index >= 15 is 0 Å². The second-order valence-corrected chi connectivity index (χ2v) is 7.67. The summed E-state index contributed by atoms with van der Waals surface area (Å²) in [5.74, 6) is 0.790. The van der Waals surface area contributed by atoms with Crippen LogP contribution in [0.4, 0.5) is 0 Å². The van der Waals surface area contributed by atoms with Crippen LogP contribution in [0.2, 0.25) is 0 Å². The lowest BCUT2D eigenvalue weighted by Crippen LogP contribution is -2.54. The van der Waals surface area contributed by atoms with Crippen LogP contribution in [0.25, 0.3) is 0 Å². The van der Waals surface area contributed by atoms with Crippen molar-refractivity contribution in [1.82, 2.24) is 15.4 Å². The number of aryl methyl sites for hydroxylation is 4. The van der Waals surface area contributed by atoms with Gasteiger partial charge in [-0.1, -0.05) is 28.9 Å². The number of carbonyl (C=O) groups excluding carboxylic acids is 1. The maximum atomic E-state index is 12.5. The zero-order valence-corrected chi connectivity index (χ0v) is 16.6. The van der Waals surface area contributed by atoms with E-state index in [0.29, 0.717) is 19.5 Å². The molecule has 3 rings (SSSR count). The second-order valence-electron chi connectivity index (χ2n) is 7.67. The van der Waals surface area contributed by atoms with E-state index in [-0.39, 0.29) is 11.9 Å². The fourth-order valence-corrected chi connectivity index (χ4v) is 3.68. The van der Waals surface area contributed by atoms with Gasteiger partial charge in [0.1, 0.15) is 5.76 Å². The van der Waals surface area contributed by atoms with Gasteiger partial charge in [-0.25, -0.2) is 0 Å². The van der Waals surface area contributed by atoms with Crippen LogP contribution >= 0.6 is 0 Å². The molecule has 6 heteroatoms. The van der Waals surface area contributed by atoms with Crippen LogP contribution in [0.5, 0.6) is 0 Å². The van der Waals surface area contributed by atoms with Crippen molar-refractivity contribution in [3.05, 3.63) is 51.9 Å². The number of rotatable bonds is 5. The summed E-state index contributed by atoms with van der Waals surface area (Å²) in [4.78, 5) is 14.6. The second kappa shape index (κ2) is 8.23. The summed E-state index contributed by atoms with van der Waals surface area (Å²) in [5, 5.41) is 17.5. The van der Waals surface area contributed by atoms with Crippen molar-refractivity contribution in [2.45, 2.75) is 59.2 Å². The number of benzene rings is 1. The number of carbonyl (C=O) groups is 1. The van der Waals surface area contributed by atoms with Crippen LogP contribution in [0, 0.1) is 27.7 Å². The lowest BCUT2D eigenvalue weighted by atomic mass is 9.99. The predicted molar refractivity (Wildman–Crippen MR) is 103 cm³/mol. The minimum absolute atomic E-state index is 0.0353. The van der Waals surface area contributed by atoms with Crippen molar-refractivity contribution in [2.24, 2.45) is 0 Å². The summed E-state index contributed by atoms with van der Waals surface area (Å²) in [5.41, 5.74) is 5.28. The van der Waals surface area contributed by atoms with Crippen molar-refractivity contribution in [1.29, 1.82) is 0 Å². The number of nitrogens with zero attached hydrogens (tertiary/aromatic N) is 2. The third kappa shape index (κ3) is 4.76. The Bertz CT molecular complexity index is 795. The number of amides is 1. The summed E-state index contributed by atoms with van der Waals surface area (Å²) in [6.45, 7) is 9.94. The van der Waals surface area contributed by atoms with Gasteiger partial charge in [0.15, 0.2) is 0 Å². The molecule has 0 unspecified atom stereocenters. The molecule has 1 aliphatic heterocycles. The van der Waals surface area contributed by atoms with Crippen LogP contribution in [-0.4, -0.2) is 46.3 Å². The number of piperidine rings is 1. The van der Waals surface area contributed by atoms with Crippen molar-refractivity contribution >= 4 is 5.91 Å². The normalized spacial score (nSPS) is 20.6. The van der Waals surface area contributed by atoms with E-state index in [9.17, 15) is 9.90 Å². The van der Waals surface area contributed by atoms with Gasteiger partial charge in [-0.2, -0.15) is 0 Å². The number of aliphatic hydroxyl groups is 1. The number of aromatic nitrogens is 1. The molecule has 1 saturated heterocycles. The first kappa shape index (κ1) is 19.6. The summed E-state index contributed by atoms with van der Waals surface area (Å²) in [7, 11) is 0. The van der Waals surface area contributed by atoms with Gasteiger partial charge in [0.25, 0.3) is 0 Å². The molecule has 146 valence electrons. The van der Waals surface area contributed by atoms with Gasteiger partial charge in [0.05, 0.1) is 24.3 Å². The molecule has 0 radical (unpaired) electrons. The third-order valence-corrected chi connectivity index (χ3v) is 5.43. The average Bonchev–Trinajstić information content (AvgIpc) is 2.92. The summed E-state index contributed by atoms with van der Waals surface area (Å²) in [6.07, 6.45) is 0.490. The number of hydrogen-bond donors (Lipinski definition) is 2. The van der Waals surface area contributed by atoms with Crippen LogP contribution in [-0.2, 0) is 17.8 Å². The van der Waals surface area contributed by atoms with Crippen LogP contribution in [0.15, 0.2) is 22.7 Å². The molecular weight excluding hydrogens is 342 g/mol. The molecule has 0 saturated carbocycles. The molecule has 1 fully saturated rings. The lowest BCUT2D eigenvalue weighted by Gasteiger charge is -2.36. The lowest BCUT2D eigenvalue weighted by molar-refractivity contribution is -0.122. The molecule has 1 aromatic carbocycles. The Morgan fingerprint density at radius 1 is 1.33 bits per heavy atom. The molecule has 2 N–H and O–H groups in total. The SMILES string of the molecule is Cc1ccc(C)c(CC(=O)N[C@@H]2CCN(Cc3c(C)noc3C)C[C@H]2O)c1. The molecule has 1 amide bonds. The Balaban J connectivity index is 1.54. The van der Waals surface area contributed by atoms with E-state index in [0.717, 1.165) is 46.7 Å². The minimum Gasteiger partial charge on any atom is -0.390 e. The van der Waals surface area contributed by atoms with Crippen molar-refractivity contribution < 1.29 is 14.4 Å². The Hall–Kier alpha value is -2.18. The highest BCUT2D eigenvalue weighted by molar-refractivity contribution is 5.79. The monoisotopic (exact) mass is 371 g/mol. The molecule has 1 aliphatic rings. The Labute approximate surface area is 160 Å². The first-order valence-corrected chi connectivity index (χ1v) is 9.51. The smallest absolute Gasteiger partial charge is 0.224 e. The van der Waals surface area contributed by atoms with E-state index in [2.05, 4.69) is 27.5 Å². The molecule has 6 nitrogen and oxygen atoms in total. The molecule has 2 heterocycles. The highest BCUT2D eigenvalue weighted by Crippen LogP contribution is 2.19. The van der Waals surface area contributed by atoms with Crippen LogP contribution in [0.1, 0.15) is 40.1 Å². The summed E-state index contributed by atoms with van der Waals surface area (Å²) >= 11 is 0.